The molecule has 4 heteroatoms. The molecule has 0 saturated carbocycles. The van der Waals surface area contributed by atoms with E-state index in [0.717, 1.165) is 12.1 Å². The van der Waals surface area contributed by atoms with E-state index in [2.05, 4.69) is 17.0 Å². The minimum Gasteiger partial charge on any atom is -0.459 e. The van der Waals surface area contributed by atoms with Crippen LogP contribution in [0.4, 0.5) is 0 Å². The lowest BCUT2D eigenvalue weighted by atomic mass is 10.1. The fourth-order valence-electron chi connectivity index (χ4n) is 2.93. The van der Waals surface area contributed by atoms with Crippen LogP contribution in [0.5, 0.6) is 0 Å². The lowest BCUT2D eigenvalue weighted by molar-refractivity contribution is -0.155. The zero-order chi connectivity index (χ0) is 17.3. The van der Waals surface area contributed by atoms with Crippen LogP contribution in [0.2, 0.25) is 5.02 Å². The SMILES string of the molecule is CC(C)(C)OC(=O)[C@H]1[C@H](c2ccc(Cl)cc2)N1Cc1ccccc1. The molecule has 24 heavy (non-hydrogen) atoms. The topological polar surface area (TPSA) is 29.3 Å². The maximum Gasteiger partial charge on any atom is 0.325 e. The van der Waals surface area contributed by atoms with Gasteiger partial charge < -0.3 is 4.74 Å². The summed E-state index contributed by atoms with van der Waals surface area (Å²) >= 11 is 5.98. The third-order valence-electron chi connectivity index (χ3n) is 3.99. The number of benzene rings is 2. The molecule has 1 aliphatic rings. The van der Waals surface area contributed by atoms with Gasteiger partial charge in [0.1, 0.15) is 11.6 Å². The minimum atomic E-state index is -0.483. The first-order valence-electron chi connectivity index (χ1n) is 8.13. The van der Waals surface area contributed by atoms with Gasteiger partial charge in [-0.3, -0.25) is 9.69 Å². The molecule has 3 rings (SSSR count). The van der Waals surface area contributed by atoms with Gasteiger partial charge in [-0.2, -0.15) is 0 Å². The van der Waals surface area contributed by atoms with Gasteiger partial charge in [0.2, 0.25) is 0 Å². The lowest BCUT2D eigenvalue weighted by Crippen LogP contribution is -2.28. The van der Waals surface area contributed by atoms with Crippen LogP contribution in [0.3, 0.4) is 0 Å². The van der Waals surface area contributed by atoms with E-state index in [1.807, 2.05) is 63.2 Å². The molecule has 0 aliphatic carbocycles. The maximum atomic E-state index is 12.6. The van der Waals surface area contributed by atoms with Crippen molar-refractivity contribution in [3.05, 3.63) is 70.7 Å². The van der Waals surface area contributed by atoms with Gasteiger partial charge in [-0.1, -0.05) is 54.1 Å². The number of esters is 1. The van der Waals surface area contributed by atoms with Crippen molar-refractivity contribution < 1.29 is 9.53 Å². The summed E-state index contributed by atoms with van der Waals surface area (Å²) in [6.45, 7) is 6.41. The molecule has 2 aromatic rings. The zero-order valence-electron chi connectivity index (χ0n) is 14.2. The smallest absolute Gasteiger partial charge is 0.325 e. The van der Waals surface area contributed by atoms with Crippen LogP contribution in [0, 0.1) is 0 Å². The van der Waals surface area contributed by atoms with Crippen molar-refractivity contribution in [2.75, 3.05) is 0 Å². The van der Waals surface area contributed by atoms with E-state index in [9.17, 15) is 4.79 Å². The number of hydrogen-bond acceptors (Lipinski definition) is 3. The molecule has 0 aromatic heterocycles. The van der Waals surface area contributed by atoms with Crippen molar-refractivity contribution in [2.45, 2.75) is 45.0 Å². The molecule has 1 fully saturated rings. The number of nitrogens with zero attached hydrogens (tertiary/aromatic N) is 1. The second kappa shape index (κ2) is 6.58. The highest BCUT2D eigenvalue weighted by Gasteiger charge is 2.54. The number of hydrogen-bond donors (Lipinski definition) is 0. The van der Waals surface area contributed by atoms with Gasteiger partial charge in [-0.05, 0) is 44.0 Å². The Labute approximate surface area is 148 Å². The van der Waals surface area contributed by atoms with Gasteiger partial charge in [-0.25, -0.2) is 0 Å². The van der Waals surface area contributed by atoms with Gasteiger partial charge in [-0.15, -0.1) is 0 Å². The molecule has 1 aliphatic heterocycles. The van der Waals surface area contributed by atoms with Crippen molar-refractivity contribution in [3.63, 3.8) is 0 Å². The molecule has 1 heterocycles. The highest BCUT2D eigenvalue weighted by atomic mass is 35.5. The highest BCUT2D eigenvalue weighted by Crippen LogP contribution is 2.45. The van der Waals surface area contributed by atoms with E-state index >= 15 is 0 Å². The molecule has 1 unspecified atom stereocenters. The lowest BCUT2D eigenvalue weighted by Gasteiger charge is -2.19. The Morgan fingerprint density at radius 3 is 2.29 bits per heavy atom. The summed E-state index contributed by atoms with van der Waals surface area (Å²) in [5.74, 6) is -0.168. The van der Waals surface area contributed by atoms with Crippen LogP contribution in [-0.2, 0) is 16.1 Å². The van der Waals surface area contributed by atoms with Gasteiger partial charge in [0, 0.05) is 11.6 Å². The number of carbonyl (C=O) groups excluding carboxylic acids is 1. The van der Waals surface area contributed by atoms with E-state index in [0.29, 0.717) is 5.02 Å². The predicted molar refractivity (Wildman–Crippen MR) is 95.8 cm³/mol. The Bertz CT molecular complexity index is 707. The molecule has 0 bridgehead atoms. The fraction of sp³-hybridized carbons (Fsp3) is 0.350. The Kier molecular flexibility index (Phi) is 4.66. The highest BCUT2D eigenvalue weighted by molar-refractivity contribution is 6.30. The van der Waals surface area contributed by atoms with E-state index < -0.39 is 5.60 Å². The molecule has 0 N–H and O–H groups in total. The predicted octanol–water partition coefficient (Wildman–Crippen LogP) is 4.61. The molecular formula is C20H22ClNO2. The first-order chi connectivity index (χ1) is 11.3. The molecule has 0 spiro atoms. The molecule has 1 saturated heterocycles. The molecule has 3 nitrogen and oxygen atoms in total. The molecule has 0 radical (unpaired) electrons. The number of rotatable bonds is 4. The van der Waals surface area contributed by atoms with Gasteiger partial charge in [0.15, 0.2) is 0 Å². The number of carbonyl (C=O) groups is 1. The number of halogens is 1. The van der Waals surface area contributed by atoms with E-state index in [1.54, 1.807) is 0 Å². The average molecular weight is 344 g/mol. The second-order valence-electron chi connectivity index (χ2n) is 7.13. The summed E-state index contributed by atoms with van der Waals surface area (Å²) in [5.41, 5.74) is 1.79. The summed E-state index contributed by atoms with van der Waals surface area (Å²) < 4.78 is 5.60. The van der Waals surface area contributed by atoms with Crippen LogP contribution in [0.1, 0.15) is 37.9 Å². The van der Waals surface area contributed by atoms with Crippen molar-refractivity contribution in [3.8, 4) is 0 Å². The Hall–Kier alpha value is -1.84. The van der Waals surface area contributed by atoms with Gasteiger partial charge in [0.05, 0.1) is 6.04 Å². The standard InChI is InChI=1S/C20H22ClNO2/c1-20(2,3)24-19(23)18-17(15-9-11-16(21)12-10-15)22(18)13-14-7-5-4-6-8-14/h4-12,17-18H,13H2,1-3H3/t17-,18+,22?/m0/s1. The summed E-state index contributed by atoms with van der Waals surface area (Å²) in [6, 6.07) is 17.6. The monoisotopic (exact) mass is 343 g/mol. The van der Waals surface area contributed by atoms with E-state index in [4.69, 9.17) is 16.3 Å². The zero-order valence-corrected chi connectivity index (χ0v) is 15.0. The average Bonchev–Trinajstić information content (AvgIpc) is 3.21. The van der Waals surface area contributed by atoms with Crippen molar-refractivity contribution in [1.29, 1.82) is 0 Å². The Morgan fingerprint density at radius 2 is 1.71 bits per heavy atom. The van der Waals surface area contributed by atoms with Gasteiger partial charge >= 0.3 is 5.97 Å². The number of ether oxygens (including phenoxy) is 1. The third kappa shape index (κ3) is 3.97. The quantitative estimate of drug-likeness (QED) is 0.599. The van der Waals surface area contributed by atoms with Crippen molar-refractivity contribution in [2.24, 2.45) is 0 Å². The summed E-state index contributed by atoms with van der Waals surface area (Å²) in [7, 11) is 0. The molecular weight excluding hydrogens is 322 g/mol. The van der Waals surface area contributed by atoms with Crippen LogP contribution in [0.25, 0.3) is 0 Å². The Balaban J connectivity index is 1.80. The Morgan fingerprint density at radius 1 is 1.08 bits per heavy atom. The summed E-state index contributed by atoms with van der Waals surface area (Å²) in [4.78, 5) is 14.7. The van der Waals surface area contributed by atoms with E-state index in [-0.39, 0.29) is 18.1 Å². The second-order valence-corrected chi connectivity index (χ2v) is 7.57. The molecule has 2 aromatic carbocycles. The summed E-state index contributed by atoms with van der Waals surface area (Å²) in [6.07, 6.45) is 0. The van der Waals surface area contributed by atoms with Crippen LogP contribution < -0.4 is 0 Å². The largest absolute Gasteiger partial charge is 0.459 e. The van der Waals surface area contributed by atoms with Gasteiger partial charge in [0.25, 0.3) is 0 Å². The minimum absolute atomic E-state index is 0.0392. The first kappa shape index (κ1) is 17.0. The molecule has 0 amide bonds. The normalized spacial score (nSPS) is 22.9. The fourth-order valence-corrected chi connectivity index (χ4v) is 3.05. The van der Waals surface area contributed by atoms with Crippen molar-refractivity contribution in [1.82, 2.24) is 4.90 Å². The van der Waals surface area contributed by atoms with Crippen LogP contribution >= 0.6 is 11.6 Å². The first-order valence-corrected chi connectivity index (χ1v) is 8.51. The molecule has 126 valence electrons. The summed E-state index contributed by atoms with van der Waals surface area (Å²) in [5, 5.41) is 0.697. The van der Waals surface area contributed by atoms with Crippen LogP contribution in [0.15, 0.2) is 54.6 Å². The third-order valence-corrected chi connectivity index (χ3v) is 4.24. The van der Waals surface area contributed by atoms with E-state index in [1.165, 1.54) is 5.56 Å². The van der Waals surface area contributed by atoms with Crippen LogP contribution in [-0.4, -0.2) is 22.5 Å². The molecule has 3 atom stereocenters. The maximum absolute atomic E-state index is 12.6. The van der Waals surface area contributed by atoms with Crippen molar-refractivity contribution >= 4 is 17.6 Å².